The number of hydrogen-bond donors (Lipinski definition) is 3. The lowest BCUT2D eigenvalue weighted by atomic mass is 10.2. The highest BCUT2D eigenvalue weighted by atomic mass is 16.4. The number of hydrogen-bond acceptors (Lipinski definition) is 4. The Balaban J connectivity index is 2.95. The van der Waals surface area contributed by atoms with Crippen LogP contribution >= 0.6 is 0 Å². The second kappa shape index (κ2) is 4.79. The number of carbonyl (C=O) groups excluding carboxylic acids is 1. The predicted octanol–water partition coefficient (Wildman–Crippen LogP) is 0.943. The van der Waals surface area contributed by atoms with Crippen molar-refractivity contribution in [3.63, 3.8) is 0 Å². The number of benzene rings is 1. The molecule has 0 unspecified atom stereocenters. The molecule has 0 saturated carbocycles. The van der Waals surface area contributed by atoms with Crippen LogP contribution in [0.5, 0.6) is 5.75 Å². The summed E-state index contributed by atoms with van der Waals surface area (Å²) in [7, 11) is 0. The summed E-state index contributed by atoms with van der Waals surface area (Å²) in [4.78, 5) is 21.7. The number of nitriles is 1. The van der Waals surface area contributed by atoms with Crippen molar-refractivity contribution in [1.82, 2.24) is 0 Å². The summed E-state index contributed by atoms with van der Waals surface area (Å²) in [6.07, 6.45) is -0.364. The van der Waals surface area contributed by atoms with Crippen molar-refractivity contribution < 1.29 is 19.8 Å². The Kier molecular flexibility index (Phi) is 3.45. The minimum atomic E-state index is -1.17. The van der Waals surface area contributed by atoms with Gasteiger partial charge in [0.05, 0.1) is 17.3 Å². The first kappa shape index (κ1) is 11.5. The zero-order valence-electron chi connectivity index (χ0n) is 8.10. The Morgan fingerprint density at radius 2 is 2.12 bits per heavy atom. The average molecular weight is 220 g/mol. The highest BCUT2D eigenvalue weighted by Gasteiger charge is 2.10. The summed E-state index contributed by atoms with van der Waals surface area (Å²) in [5, 5.41) is 28.5. The summed E-state index contributed by atoms with van der Waals surface area (Å²) in [6, 6.07) is 5.12. The molecule has 0 bridgehead atoms. The molecule has 16 heavy (non-hydrogen) atoms. The molecule has 0 aromatic heterocycles. The van der Waals surface area contributed by atoms with Crippen LogP contribution in [0.15, 0.2) is 18.2 Å². The Morgan fingerprint density at radius 1 is 1.44 bits per heavy atom. The molecule has 0 aliphatic carbocycles. The molecule has 0 aliphatic rings. The van der Waals surface area contributed by atoms with Gasteiger partial charge in [0.2, 0.25) is 5.91 Å². The van der Waals surface area contributed by atoms with E-state index < -0.39 is 11.9 Å². The first-order valence-electron chi connectivity index (χ1n) is 4.27. The second-order valence-corrected chi connectivity index (χ2v) is 2.92. The van der Waals surface area contributed by atoms with E-state index in [9.17, 15) is 14.7 Å². The minimum absolute atomic E-state index is 0.0276. The van der Waals surface area contributed by atoms with Crippen molar-refractivity contribution in [2.45, 2.75) is 6.42 Å². The van der Waals surface area contributed by atoms with Crippen LogP contribution < -0.4 is 5.32 Å². The van der Waals surface area contributed by atoms with Gasteiger partial charge >= 0.3 is 5.97 Å². The number of carbonyl (C=O) groups is 2. The van der Waals surface area contributed by atoms with Crippen LogP contribution in [-0.4, -0.2) is 22.1 Å². The fraction of sp³-hybridized carbons (Fsp3) is 0.100. The zero-order valence-corrected chi connectivity index (χ0v) is 8.10. The van der Waals surface area contributed by atoms with Gasteiger partial charge in [-0.3, -0.25) is 4.79 Å². The molecule has 3 N–H and O–H groups in total. The molecule has 0 saturated heterocycles. The number of nitrogens with zero attached hydrogens (tertiary/aromatic N) is 1. The van der Waals surface area contributed by atoms with Gasteiger partial charge in [-0.2, -0.15) is 5.26 Å². The van der Waals surface area contributed by atoms with E-state index in [1.54, 1.807) is 6.07 Å². The molecule has 6 nitrogen and oxygen atoms in total. The Labute approximate surface area is 90.7 Å². The number of phenolic OH excluding ortho intramolecular Hbond substituents is 1. The number of phenols is 1. The maximum atomic E-state index is 11.1. The van der Waals surface area contributed by atoms with Crippen molar-refractivity contribution >= 4 is 17.6 Å². The number of rotatable bonds is 3. The number of aromatic hydroxyl groups is 1. The summed E-state index contributed by atoms with van der Waals surface area (Å²) in [5.41, 5.74) is -0.0924. The van der Waals surface area contributed by atoms with Gasteiger partial charge in [0.25, 0.3) is 0 Å². The SMILES string of the molecule is N#CCC(=O)Nc1cc(C(=O)O)ccc1O. The van der Waals surface area contributed by atoms with Crippen LogP contribution in [-0.2, 0) is 4.79 Å². The fourth-order valence-electron chi connectivity index (χ4n) is 1.04. The Morgan fingerprint density at radius 3 is 2.69 bits per heavy atom. The van der Waals surface area contributed by atoms with E-state index in [1.165, 1.54) is 6.07 Å². The molecule has 1 amide bonds. The lowest BCUT2D eigenvalue weighted by Crippen LogP contribution is -2.11. The summed E-state index contributed by atoms with van der Waals surface area (Å²) < 4.78 is 0. The van der Waals surface area contributed by atoms with Gasteiger partial charge in [0.1, 0.15) is 12.2 Å². The maximum absolute atomic E-state index is 11.1. The first-order valence-corrected chi connectivity index (χ1v) is 4.27. The predicted molar refractivity (Wildman–Crippen MR) is 53.9 cm³/mol. The molecule has 1 aromatic carbocycles. The van der Waals surface area contributed by atoms with Crippen molar-refractivity contribution in [3.05, 3.63) is 23.8 Å². The standard InChI is InChI=1S/C10H8N2O4/c11-4-3-9(14)12-7-5-6(10(15)16)1-2-8(7)13/h1-2,5,13H,3H2,(H,12,14)(H,15,16). The van der Waals surface area contributed by atoms with Crippen LogP contribution in [0, 0.1) is 11.3 Å². The molecule has 0 radical (unpaired) electrons. The van der Waals surface area contributed by atoms with E-state index >= 15 is 0 Å². The normalized spacial score (nSPS) is 9.19. The van der Waals surface area contributed by atoms with Crippen LogP contribution in [0.4, 0.5) is 5.69 Å². The molecule has 0 spiro atoms. The average Bonchev–Trinajstić information content (AvgIpc) is 2.21. The van der Waals surface area contributed by atoms with E-state index in [0.717, 1.165) is 12.1 Å². The van der Waals surface area contributed by atoms with E-state index in [1.807, 2.05) is 0 Å². The van der Waals surface area contributed by atoms with Crippen LogP contribution in [0.1, 0.15) is 16.8 Å². The molecule has 1 aromatic rings. The molecular formula is C10H8N2O4. The van der Waals surface area contributed by atoms with Gasteiger partial charge < -0.3 is 15.5 Å². The van der Waals surface area contributed by atoms with E-state index in [-0.39, 0.29) is 23.4 Å². The van der Waals surface area contributed by atoms with E-state index in [2.05, 4.69) is 5.32 Å². The van der Waals surface area contributed by atoms with Gasteiger partial charge in [-0.25, -0.2) is 4.79 Å². The van der Waals surface area contributed by atoms with Gasteiger partial charge in [0.15, 0.2) is 0 Å². The second-order valence-electron chi connectivity index (χ2n) is 2.92. The number of nitrogens with one attached hydrogen (secondary N) is 1. The zero-order chi connectivity index (χ0) is 12.1. The molecule has 0 fully saturated rings. The summed E-state index contributed by atoms with van der Waals surface area (Å²) in [6.45, 7) is 0. The highest BCUT2D eigenvalue weighted by Crippen LogP contribution is 2.24. The molecule has 0 atom stereocenters. The molecule has 0 heterocycles. The van der Waals surface area contributed by atoms with Gasteiger partial charge in [-0.15, -0.1) is 0 Å². The third-order valence-electron chi connectivity index (χ3n) is 1.76. The first-order chi connectivity index (χ1) is 7.54. The fourth-order valence-corrected chi connectivity index (χ4v) is 1.04. The van der Waals surface area contributed by atoms with Crippen LogP contribution in [0.2, 0.25) is 0 Å². The third kappa shape index (κ3) is 2.72. The van der Waals surface area contributed by atoms with Crippen molar-refractivity contribution in [3.8, 4) is 11.8 Å². The smallest absolute Gasteiger partial charge is 0.335 e. The quantitative estimate of drug-likeness (QED) is 0.656. The summed E-state index contributed by atoms with van der Waals surface area (Å²) >= 11 is 0. The Bertz CT molecular complexity index is 476. The monoisotopic (exact) mass is 220 g/mol. The van der Waals surface area contributed by atoms with E-state index in [0.29, 0.717) is 0 Å². The summed E-state index contributed by atoms with van der Waals surface area (Å²) in [5.74, 6) is -2.03. The number of aromatic carboxylic acids is 1. The maximum Gasteiger partial charge on any atom is 0.335 e. The Hall–Kier alpha value is -2.55. The number of carboxylic acid groups (broad SMARTS) is 1. The molecule has 1 rings (SSSR count). The molecule has 82 valence electrons. The van der Waals surface area contributed by atoms with Gasteiger partial charge in [0, 0.05) is 0 Å². The number of amides is 1. The highest BCUT2D eigenvalue weighted by molar-refractivity contribution is 5.96. The van der Waals surface area contributed by atoms with Crippen LogP contribution in [0.25, 0.3) is 0 Å². The lowest BCUT2D eigenvalue weighted by Gasteiger charge is -2.06. The van der Waals surface area contributed by atoms with Crippen molar-refractivity contribution in [2.75, 3.05) is 5.32 Å². The lowest BCUT2D eigenvalue weighted by molar-refractivity contribution is -0.115. The third-order valence-corrected chi connectivity index (χ3v) is 1.76. The number of anilines is 1. The van der Waals surface area contributed by atoms with Crippen molar-refractivity contribution in [1.29, 1.82) is 5.26 Å². The number of carboxylic acids is 1. The molecule has 0 aliphatic heterocycles. The van der Waals surface area contributed by atoms with Crippen LogP contribution in [0.3, 0.4) is 0 Å². The minimum Gasteiger partial charge on any atom is -0.506 e. The molecule has 6 heteroatoms. The molecular weight excluding hydrogens is 212 g/mol. The van der Waals surface area contributed by atoms with E-state index in [4.69, 9.17) is 10.4 Å². The van der Waals surface area contributed by atoms with Gasteiger partial charge in [-0.1, -0.05) is 0 Å². The largest absolute Gasteiger partial charge is 0.506 e. The van der Waals surface area contributed by atoms with Gasteiger partial charge in [-0.05, 0) is 18.2 Å². The van der Waals surface area contributed by atoms with Crippen molar-refractivity contribution in [2.24, 2.45) is 0 Å². The topological polar surface area (TPSA) is 110 Å².